The molecule has 0 saturated heterocycles. The van der Waals surface area contributed by atoms with Crippen LogP contribution in [0.15, 0.2) is 54.6 Å². The Morgan fingerprint density at radius 1 is 0.864 bits per heavy atom. The van der Waals surface area contributed by atoms with Crippen LogP contribution in [0.2, 0.25) is 0 Å². The van der Waals surface area contributed by atoms with Crippen LogP contribution < -0.4 is 10.9 Å². The third-order valence-electron chi connectivity index (χ3n) is 3.66. The number of aliphatic hydroxyl groups is 1. The van der Waals surface area contributed by atoms with Gasteiger partial charge in [0.15, 0.2) is 0 Å². The van der Waals surface area contributed by atoms with E-state index >= 15 is 0 Å². The molecule has 0 aromatic heterocycles. The van der Waals surface area contributed by atoms with Crippen molar-refractivity contribution in [3.8, 4) is 0 Å². The number of hydrazine groups is 1. The summed E-state index contributed by atoms with van der Waals surface area (Å²) >= 11 is 0. The Morgan fingerprint density at radius 3 is 2.09 bits per heavy atom. The molecular formula is C18H25N3O. The van der Waals surface area contributed by atoms with E-state index in [0.717, 1.165) is 37.4 Å². The summed E-state index contributed by atoms with van der Waals surface area (Å²) in [4.78, 5) is 2.25. The first kappa shape index (κ1) is 16.3. The first-order valence-electron chi connectivity index (χ1n) is 7.81. The maximum atomic E-state index is 9.00. The molecule has 0 aliphatic heterocycles. The van der Waals surface area contributed by atoms with Crippen molar-refractivity contribution in [1.82, 2.24) is 4.90 Å². The van der Waals surface area contributed by atoms with E-state index in [0.29, 0.717) is 0 Å². The zero-order valence-electron chi connectivity index (χ0n) is 13.1. The lowest BCUT2D eigenvalue weighted by Gasteiger charge is -2.19. The summed E-state index contributed by atoms with van der Waals surface area (Å²) in [5.41, 5.74) is 9.74. The summed E-state index contributed by atoms with van der Waals surface area (Å²) in [5, 5.41) is 9.00. The highest BCUT2D eigenvalue weighted by molar-refractivity contribution is 5.52. The first-order valence-corrected chi connectivity index (χ1v) is 7.81. The van der Waals surface area contributed by atoms with Gasteiger partial charge in [-0.2, -0.15) is 0 Å². The molecule has 118 valence electrons. The number of aliphatic hydroxyl groups excluding tert-OH is 1. The molecule has 0 radical (unpaired) electrons. The van der Waals surface area contributed by atoms with Crippen LogP contribution >= 0.6 is 0 Å². The van der Waals surface area contributed by atoms with Gasteiger partial charge in [-0.3, -0.25) is 0 Å². The Balaban J connectivity index is 1.80. The van der Waals surface area contributed by atoms with Crippen molar-refractivity contribution in [3.05, 3.63) is 60.2 Å². The molecule has 0 bridgehead atoms. The lowest BCUT2D eigenvalue weighted by molar-refractivity contribution is 0.203. The minimum Gasteiger partial charge on any atom is -0.395 e. The highest BCUT2D eigenvalue weighted by atomic mass is 16.3. The molecule has 0 atom stereocenters. The molecule has 2 aromatic carbocycles. The first-order chi connectivity index (χ1) is 10.8. The molecule has 2 aromatic rings. The number of hydrogen-bond acceptors (Lipinski definition) is 4. The van der Waals surface area contributed by atoms with Gasteiger partial charge in [0.1, 0.15) is 0 Å². The normalized spacial score (nSPS) is 10.7. The highest BCUT2D eigenvalue weighted by Gasteiger charge is 2.02. The fourth-order valence-corrected chi connectivity index (χ4v) is 2.28. The topological polar surface area (TPSA) is 47.5 Å². The van der Waals surface area contributed by atoms with E-state index in [1.54, 1.807) is 0 Å². The van der Waals surface area contributed by atoms with E-state index in [1.165, 1.54) is 5.56 Å². The predicted molar refractivity (Wildman–Crippen MR) is 93.0 cm³/mol. The summed E-state index contributed by atoms with van der Waals surface area (Å²) in [5.74, 6) is 0. The lowest BCUT2D eigenvalue weighted by Crippen LogP contribution is -2.28. The molecule has 22 heavy (non-hydrogen) atoms. The van der Waals surface area contributed by atoms with Gasteiger partial charge < -0.3 is 20.9 Å². The number of likely N-dealkylation sites (N-methyl/N-ethyl adjacent to an activating group) is 1. The van der Waals surface area contributed by atoms with Gasteiger partial charge in [-0.15, -0.1) is 0 Å². The number of para-hydroxylation sites is 1. The van der Waals surface area contributed by atoms with Crippen LogP contribution in [0.5, 0.6) is 0 Å². The van der Waals surface area contributed by atoms with Gasteiger partial charge in [-0.05, 0) is 42.8 Å². The number of rotatable bonds is 9. The van der Waals surface area contributed by atoms with Gasteiger partial charge in [0, 0.05) is 13.1 Å². The van der Waals surface area contributed by atoms with E-state index in [9.17, 15) is 0 Å². The minimum absolute atomic E-state index is 0.224. The monoisotopic (exact) mass is 299 g/mol. The van der Waals surface area contributed by atoms with Crippen molar-refractivity contribution in [1.29, 1.82) is 0 Å². The average molecular weight is 299 g/mol. The number of nitrogens with zero attached hydrogens (tertiary/aromatic N) is 1. The van der Waals surface area contributed by atoms with Crippen LogP contribution in [-0.4, -0.2) is 36.2 Å². The Bertz CT molecular complexity index is 528. The van der Waals surface area contributed by atoms with Gasteiger partial charge in [-0.1, -0.05) is 37.3 Å². The molecular weight excluding hydrogens is 274 g/mol. The molecule has 0 heterocycles. The van der Waals surface area contributed by atoms with E-state index in [-0.39, 0.29) is 6.61 Å². The van der Waals surface area contributed by atoms with Crippen molar-refractivity contribution in [2.45, 2.75) is 13.3 Å². The van der Waals surface area contributed by atoms with Crippen molar-refractivity contribution >= 4 is 11.4 Å². The molecule has 0 fully saturated rings. The second-order valence-corrected chi connectivity index (χ2v) is 5.22. The molecule has 4 heteroatoms. The Labute approximate surface area is 132 Å². The van der Waals surface area contributed by atoms with Crippen molar-refractivity contribution in [3.63, 3.8) is 0 Å². The number of hydrogen-bond donors (Lipinski definition) is 3. The number of anilines is 2. The Kier molecular flexibility index (Phi) is 6.74. The average Bonchev–Trinajstić information content (AvgIpc) is 2.58. The highest BCUT2D eigenvalue weighted by Crippen LogP contribution is 2.12. The van der Waals surface area contributed by atoms with Gasteiger partial charge in [0.05, 0.1) is 18.0 Å². The standard InChI is InChI=1S/C18H25N3O/c1-2-21(14-15-22)13-12-16-8-10-18(11-9-16)20-19-17-6-4-3-5-7-17/h3-11,19-20,22H,2,12-15H2,1H3. The Hall–Kier alpha value is -2.04. The molecule has 0 unspecified atom stereocenters. The zero-order chi connectivity index (χ0) is 15.6. The fourth-order valence-electron chi connectivity index (χ4n) is 2.28. The third kappa shape index (κ3) is 5.39. The molecule has 3 N–H and O–H groups in total. The SMILES string of the molecule is CCN(CCO)CCc1ccc(NNc2ccccc2)cc1. The zero-order valence-corrected chi connectivity index (χ0v) is 13.1. The number of nitrogens with one attached hydrogen (secondary N) is 2. The van der Waals surface area contributed by atoms with E-state index in [2.05, 4.69) is 46.9 Å². The number of benzene rings is 2. The summed E-state index contributed by atoms with van der Waals surface area (Å²) in [6.45, 7) is 5.05. The molecule has 2 rings (SSSR count). The van der Waals surface area contributed by atoms with Gasteiger partial charge in [-0.25, -0.2) is 0 Å². The van der Waals surface area contributed by atoms with Crippen LogP contribution in [0.25, 0.3) is 0 Å². The lowest BCUT2D eigenvalue weighted by atomic mass is 10.1. The minimum atomic E-state index is 0.224. The van der Waals surface area contributed by atoms with Gasteiger partial charge in [0.25, 0.3) is 0 Å². The second kappa shape index (κ2) is 9.07. The molecule has 0 aliphatic carbocycles. The largest absolute Gasteiger partial charge is 0.395 e. The summed E-state index contributed by atoms with van der Waals surface area (Å²) in [6, 6.07) is 18.5. The molecule has 0 spiro atoms. The van der Waals surface area contributed by atoms with Gasteiger partial charge in [0.2, 0.25) is 0 Å². The molecule has 0 saturated carbocycles. The van der Waals surface area contributed by atoms with E-state index < -0.39 is 0 Å². The molecule has 0 amide bonds. The van der Waals surface area contributed by atoms with Crippen LogP contribution in [0, 0.1) is 0 Å². The summed E-state index contributed by atoms with van der Waals surface area (Å²) in [7, 11) is 0. The van der Waals surface area contributed by atoms with Crippen molar-refractivity contribution in [2.75, 3.05) is 37.1 Å². The quantitative estimate of drug-likeness (QED) is 0.623. The smallest absolute Gasteiger partial charge is 0.0558 e. The van der Waals surface area contributed by atoms with Crippen molar-refractivity contribution < 1.29 is 5.11 Å². The van der Waals surface area contributed by atoms with Crippen LogP contribution in [0.4, 0.5) is 11.4 Å². The molecule has 4 nitrogen and oxygen atoms in total. The summed E-state index contributed by atoms with van der Waals surface area (Å²) < 4.78 is 0. The maximum absolute atomic E-state index is 9.00. The Morgan fingerprint density at radius 2 is 1.50 bits per heavy atom. The molecule has 0 aliphatic rings. The van der Waals surface area contributed by atoms with Crippen LogP contribution in [-0.2, 0) is 6.42 Å². The predicted octanol–water partition coefficient (Wildman–Crippen LogP) is 2.98. The maximum Gasteiger partial charge on any atom is 0.0558 e. The van der Waals surface area contributed by atoms with Crippen LogP contribution in [0.1, 0.15) is 12.5 Å². The second-order valence-electron chi connectivity index (χ2n) is 5.22. The van der Waals surface area contributed by atoms with Crippen molar-refractivity contribution in [2.24, 2.45) is 0 Å². The van der Waals surface area contributed by atoms with E-state index in [4.69, 9.17) is 5.11 Å². The van der Waals surface area contributed by atoms with E-state index in [1.807, 2.05) is 30.3 Å². The van der Waals surface area contributed by atoms with Gasteiger partial charge >= 0.3 is 0 Å². The van der Waals surface area contributed by atoms with Crippen LogP contribution in [0.3, 0.4) is 0 Å². The fraction of sp³-hybridized carbons (Fsp3) is 0.333. The third-order valence-corrected chi connectivity index (χ3v) is 3.66. The summed E-state index contributed by atoms with van der Waals surface area (Å²) in [6.07, 6.45) is 1.00.